The van der Waals surface area contributed by atoms with E-state index in [2.05, 4.69) is 16.9 Å². The number of hydrogen-bond acceptors (Lipinski definition) is 4. The lowest BCUT2D eigenvalue weighted by Crippen LogP contribution is -2.26. The van der Waals surface area contributed by atoms with Gasteiger partial charge in [0.2, 0.25) is 0 Å². The van der Waals surface area contributed by atoms with Gasteiger partial charge in [-0.25, -0.2) is 5.01 Å². The molecule has 0 atom stereocenters. The van der Waals surface area contributed by atoms with E-state index >= 15 is 0 Å². The van der Waals surface area contributed by atoms with Crippen molar-refractivity contribution in [2.75, 3.05) is 18.2 Å². The van der Waals surface area contributed by atoms with E-state index in [-0.39, 0.29) is 5.78 Å². The molecule has 1 heterocycles. The molecule has 0 amide bonds. The zero-order valence-electron chi connectivity index (χ0n) is 9.55. The molecule has 0 radical (unpaired) electrons. The lowest BCUT2D eigenvalue weighted by molar-refractivity contribution is 0.101. The summed E-state index contributed by atoms with van der Waals surface area (Å²) in [7, 11) is 0. The Morgan fingerprint density at radius 1 is 1.38 bits per heavy atom. The molecular formula is C12H15N3O. The van der Waals surface area contributed by atoms with Crippen LogP contribution in [0.25, 0.3) is 0 Å². The maximum absolute atomic E-state index is 11.1. The third-order valence-electron chi connectivity index (χ3n) is 2.65. The Balaban J connectivity index is 2.11. The zero-order valence-corrected chi connectivity index (χ0v) is 9.55. The molecule has 0 unspecified atom stereocenters. The number of carbonyl (C=O) groups excluding carboxylic acids is 1. The van der Waals surface area contributed by atoms with Crippen LogP contribution in [0.15, 0.2) is 29.4 Å². The van der Waals surface area contributed by atoms with Crippen LogP contribution in [0, 0.1) is 0 Å². The molecule has 0 saturated carbocycles. The SMILES string of the molecule is CCN1C=NN(c2ccc(C(C)=O)cc2)C1. The molecule has 1 aromatic carbocycles. The molecule has 4 nitrogen and oxygen atoms in total. The molecule has 1 aromatic rings. The molecule has 16 heavy (non-hydrogen) atoms. The lowest BCUT2D eigenvalue weighted by Gasteiger charge is -2.17. The van der Waals surface area contributed by atoms with Crippen molar-refractivity contribution in [2.24, 2.45) is 5.10 Å². The fraction of sp³-hybridized carbons (Fsp3) is 0.333. The summed E-state index contributed by atoms with van der Waals surface area (Å²) in [6.45, 7) is 5.39. The van der Waals surface area contributed by atoms with Crippen LogP contribution in [0.3, 0.4) is 0 Å². The summed E-state index contributed by atoms with van der Waals surface area (Å²) in [5.74, 6) is 0.0895. The molecule has 0 fully saturated rings. The van der Waals surface area contributed by atoms with Crippen molar-refractivity contribution in [1.82, 2.24) is 4.90 Å². The van der Waals surface area contributed by atoms with Gasteiger partial charge in [0, 0.05) is 12.1 Å². The molecule has 1 aliphatic rings. The quantitative estimate of drug-likeness (QED) is 0.726. The van der Waals surface area contributed by atoms with Crippen LogP contribution < -0.4 is 5.01 Å². The topological polar surface area (TPSA) is 35.9 Å². The number of benzene rings is 1. The third-order valence-corrected chi connectivity index (χ3v) is 2.65. The zero-order chi connectivity index (χ0) is 11.5. The molecule has 0 spiro atoms. The molecule has 0 bridgehead atoms. The fourth-order valence-corrected chi connectivity index (χ4v) is 1.58. The highest BCUT2D eigenvalue weighted by Crippen LogP contribution is 2.18. The van der Waals surface area contributed by atoms with Crippen LogP contribution in [0.4, 0.5) is 5.69 Å². The minimum Gasteiger partial charge on any atom is -0.342 e. The van der Waals surface area contributed by atoms with Gasteiger partial charge in [0.05, 0.1) is 5.69 Å². The van der Waals surface area contributed by atoms with E-state index in [9.17, 15) is 4.79 Å². The van der Waals surface area contributed by atoms with E-state index in [1.807, 2.05) is 35.6 Å². The van der Waals surface area contributed by atoms with Crippen molar-refractivity contribution >= 4 is 17.8 Å². The van der Waals surface area contributed by atoms with Crippen molar-refractivity contribution in [1.29, 1.82) is 0 Å². The van der Waals surface area contributed by atoms with Gasteiger partial charge >= 0.3 is 0 Å². The van der Waals surface area contributed by atoms with E-state index in [0.29, 0.717) is 0 Å². The van der Waals surface area contributed by atoms with Gasteiger partial charge < -0.3 is 4.90 Å². The molecule has 0 N–H and O–H groups in total. The van der Waals surface area contributed by atoms with Gasteiger partial charge in [-0.05, 0) is 38.1 Å². The number of nitrogens with zero attached hydrogens (tertiary/aromatic N) is 3. The molecule has 2 rings (SSSR count). The summed E-state index contributed by atoms with van der Waals surface area (Å²) in [6.07, 6.45) is 1.83. The Morgan fingerprint density at radius 2 is 2.06 bits per heavy atom. The van der Waals surface area contributed by atoms with Crippen LogP contribution in [0.5, 0.6) is 0 Å². The fourth-order valence-electron chi connectivity index (χ4n) is 1.58. The van der Waals surface area contributed by atoms with Crippen LogP contribution in [0.1, 0.15) is 24.2 Å². The van der Waals surface area contributed by atoms with Crippen LogP contribution in [-0.2, 0) is 0 Å². The van der Waals surface area contributed by atoms with Gasteiger partial charge in [0.25, 0.3) is 0 Å². The number of carbonyl (C=O) groups is 1. The Bertz CT molecular complexity index is 411. The van der Waals surface area contributed by atoms with Gasteiger partial charge in [-0.3, -0.25) is 4.79 Å². The van der Waals surface area contributed by atoms with Gasteiger partial charge in [-0.2, -0.15) is 5.10 Å². The van der Waals surface area contributed by atoms with E-state index in [0.717, 1.165) is 24.5 Å². The summed E-state index contributed by atoms with van der Waals surface area (Å²) in [6, 6.07) is 7.52. The second-order valence-corrected chi connectivity index (χ2v) is 3.78. The monoisotopic (exact) mass is 217 g/mol. The van der Waals surface area contributed by atoms with Gasteiger partial charge in [-0.15, -0.1) is 0 Å². The normalized spacial score (nSPS) is 14.6. The molecule has 84 valence electrons. The first-order valence-corrected chi connectivity index (χ1v) is 5.37. The summed E-state index contributed by atoms with van der Waals surface area (Å²) in [5.41, 5.74) is 1.75. The summed E-state index contributed by atoms with van der Waals surface area (Å²) < 4.78 is 0. The molecular weight excluding hydrogens is 202 g/mol. The summed E-state index contributed by atoms with van der Waals surface area (Å²) in [4.78, 5) is 13.2. The summed E-state index contributed by atoms with van der Waals surface area (Å²) >= 11 is 0. The molecule has 0 aromatic heterocycles. The highest BCUT2D eigenvalue weighted by Gasteiger charge is 2.13. The van der Waals surface area contributed by atoms with Crippen LogP contribution in [-0.4, -0.2) is 30.2 Å². The number of rotatable bonds is 3. The first kappa shape index (κ1) is 10.7. The standard InChI is InChI=1S/C12H15N3O/c1-3-14-8-13-15(9-14)12-6-4-11(5-7-12)10(2)16/h4-8H,3,9H2,1-2H3. The maximum atomic E-state index is 11.1. The second-order valence-electron chi connectivity index (χ2n) is 3.78. The third kappa shape index (κ3) is 2.05. The first-order chi connectivity index (χ1) is 7.70. The Hall–Kier alpha value is -1.84. The van der Waals surface area contributed by atoms with Gasteiger partial charge in [0.15, 0.2) is 5.78 Å². The van der Waals surface area contributed by atoms with E-state index < -0.39 is 0 Å². The van der Waals surface area contributed by atoms with Crippen molar-refractivity contribution in [3.05, 3.63) is 29.8 Å². The number of hydrazone groups is 1. The average molecular weight is 217 g/mol. The Morgan fingerprint density at radius 3 is 2.56 bits per heavy atom. The maximum Gasteiger partial charge on any atom is 0.159 e. The van der Waals surface area contributed by atoms with Crippen molar-refractivity contribution in [2.45, 2.75) is 13.8 Å². The minimum absolute atomic E-state index is 0.0895. The highest BCUT2D eigenvalue weighted by atomic mass is 16.1. The highest BCUT2D eigenvalue weighted by molar-refractivity contribution is 5.94. The Labute approximate surface area is 95.2 Å². The minimum atomic E-state index is 0.0895. The van der Waals surface area contributed by atoms with E-state index in [1.165, 1.54) is 0 Å². The van der Waals surface area contributed by atoms with E-state index in [4.69, 9.17) is 0 Å². The van der Waals surface area contributed by atoms with Gasteiger partial charge in [0.1, 0.15) is 13.0 Å². The Kier molecular flexibility index (Phi) is 2.90. The van der Waals surface area contributed by atoms with Crippen molar-refractivity contribution in [3.8, 4) is 0 Å². The van der Waals surface area contributed by atoms with E-state index in [1.54, 1.807) is 6.92 Å². The van der Waals surface area contributed by atoms with Gasteiger partial charge in [-0.1, -0.05) is 0 Å². The van der Waals surface area contributed by atoms with Crippen molar-refractivity contribution in [3.63, 3.8) is 0 Å². The van der Waals surface area contributed by atoms with Crippen LogP contribution >= 0.6 is 0 Å². The van der Waals surface area contributed by atoms with Crippen LogP contribution in [0.2, 0.25) is 0 Å². The number of hydrogen-bond donors (Lipinski definition) is 0. The first-order valence-electron chi connectivity index (χ1n) is 5.37. The molecule has 0 saturated heterocycles. The number of ketones is 1. The molecule has 4 heteroatoms. The predicted molar refractivity (Wildman–Crippen MR) is 64.7 cm³/mol. The summed E-state index contributed by atoms with van der Waals surface area (Å²) in [5, 5.41) is 6.19. The lowest BCUT2D eigenvalue weighted by atomic mass is 10.1. The smallest absolute Gasteiger partial charge is 0.159 e. The predicted octanol–water partition coefficient (Wildman–Crippen LogP) is 1.93. The number of Topliss-reactive ketones (excluding diaryl/α,β-unsaturated/α-hetero) is 1. The second kappa shape index (κ2) is 4.35. The molecule has 0 aliphatic carbocycles. The van der Waals surface area contributed by atoms with Crippen molar-refractivity contribution < 1.29 is 4.79 Å². The largest absolute Gasteiger partial charge is 0.342 e. The number of anilines is 1. The molecule has 1 aliphatic heterocycles. The average Bonchev–Trinajstić information content (AvgIpc) is 2.77.